The van der Waals surface area contributed by atoms with E-state index in [0.29, 0.717) is 6.54 Å². The molecule has 0 spiro atoms. The minimum atomic E-state index is -3.55. The maximum absolute atomic E-state index is 11.8. The molecule has 2 N–H and O–H groups in total. The van der Waals surface area contributed by atoms with Crippen LogP contribution in [0.15, 0.2) is 20.0 Å². The van der Waals surface area contributed by atoms with Crippen molar-refractivity contribution in [2.24, 2.45) is 0 Å². The predicted octanol–water partition coefficient (Wildman–Crippen LogP) is 1.61. The Hall–Kier alpha value is -0.370. The van der Waals surface area contributed by atoms with Gasteiger partial charge in [0.2, 0.25) is 10.0 Å². The first-order chi connectivity index (χ1) is 7.51. The predicted molar refractivity (Wildman–Crippen MR) is 62.4 cm³/mol. The Morgan fingerprint density at radius 2 is 2.25 bits per heavy atom. The molecule has 1 rings (SSSR count). The van der Waals surface area contributed by atoms with Gasteiger partial charge in [-0.25, -0.2) is 13.1 Å². The number of hydrogen-bond acceptors (Lipinski definition) is 4. The highest BCUT2D eigenvalue weighted by atomic mass is 79.9. The molecule has 0 radical (unpaired) electrons. The molecule has 92 valence electrons. The van der Waals surface area contributed by atoms with Crippen molar-refractivity contribution in [2.45, 2.75) is 31.3 Å². The average molecular weight is 312 g/mol. The zero-order chi connectivity index (χ0) is 12.2. The maximum Gasteiger partial charge on any atom is 0.244 e. The zero-order valence-electron chi connectivity index (χ0n) is 8.86. The largest absolute Gasteiger partial charge is 0.450 e. The van der Waals surface area contributed by atoms with Gasteiger partial charge in [0, 0.05) is 12.6 Å². The SMILES string of the molecule is CCCCNS(=O)(=O)c1cc(CO)oc1Br. The number of rotatable bonds is 6. The topological polar surface area (TPSA) is 79.5 Å². The Bertz CT molecular complexity index is 440. The van der Waals surface area contributed by atoms with Crippen LogP contribution in [-0.2, 0) is 16.6 Å². The third-order valence-electron chi connectivity index (χ3n) is 1.97. The van der Waals surface area contributed by atoms with Gasteiger partial charge in [0.1, 0.15) is 17.3 Å². The molecule has 0 unspecified atom stereocenters. The molecule has 0 amide bonds. The van der Waals surface area contributed by atoms with Crippen LogP contribution in [0.25, 0.3) is 0 Å². The molecule has 1 aromatic rings. The standard InChI is InChI=1S/C9H14BrNO4S/c1-2-3-4-11-16(13,14)8-5-7(6-12)15-9(8)10/h5,11-12H,2-4,6H2,1H3. The molecule has 0 aliphatic carbocycles. The van der Waals surface area contributed by atoms with Crippen molar-refractivity contribution in [2.75, 3.05) is 6.54 Å². The summed E-state index contributed by atoms with van der Waals surface area (Å²) in [6.07, 6.45) is 1.69. The van der Waals surface area contributed by atoms with E-state index in [1.165, 1.54) is 6.07 Å². The van der Waals surface area contributed by atoms with E-state index < -0.39 is 10.0 Å². The second-order valence-electron chi connectivity index (χ2n) is 3.26. The minimum Gasteiger partial charge on any atom is -0.450 e. The van der Waals surface area contributed by atoms with E-state index >= 15 is 0 Å². The first-order valence-corrected chi connectivity index (χ1v) is 7.17. The van der Waals surface area contributed by atoms with Gasteiger partial charge in [-0.15, -0.1) is 0 Å². The third kappa shape index (κ3) is 3.31. The zero-order valence-corrected chi connectivity index (χ0v) is 11.3. The van der Waals surface area contributed by atoms with Crippen molar-refractivity contribution in [3.05, 3.63) is 16.5 Å². The number of aliphatic hydroxyl groups is 1. The molecule has 0 aliphatic rings. The maximum atomic E-state index is 11.8. The molecule has 1 heterocycles. The summed E-state index contributed by atoms with van der Waals surface area (Å²) in [5.74, 6) is 0.211. The summed E-state index contributed by atoms with van der Waals surface area (Å²) in [6, 6.07) is 1.30. The molecule has 0 aliphatic heterocycles. The van der Waals surface area contributed by atoms with E-state index in [2.05, 4.69) is 20.7 Å². The van der Waals surface area contributed by atoms with Gasteiger partial charge in [-0.05, 0) is 22.4 Å². The summed E-state index contributed by atoms with van der Waals surface area (Å²) in [5, 5.41) is 8.83. The van der Waals surface area contributed by atoms with Crippen molar-refractivity contribution in [1.82, 2.24) is 4.72 Å². The van der Waals surface area contributed by atoms with Crippen molar-refractivity contribution in [3.63, 3.8) is 0 Å². The van der Waals surface area contributed by atoms with Crippen molar-refractivity contribution in [1.29, 1.82) is 0 Å². The molecule has 0 atom stereocenters. The molecular weight excluding hydrogens is 298 g/mol. The first-order valence-electron chi connectivity index (χ1n) is 4.90. The number of sulfonamides is 1. The number of halogens is 1. The highest BCUT2D eigenvalue weighted by molar-refractivity contribution is 9.10. The fourth-order valence-electron chi connectivity index (χ4n) is 1.12. The quantitative estimate of drug-likeness (QED) is 0.782. The fraction of sp³-hybridized carbons (Fsp3) is 0.556. The van der Waals surface area contributed by atoms with Crippen LogP contribution in [0.2, 0.25) is 0 Å². The average Bonchev–Trinajstić information content (AvgIpc) is 2.60. The molecule has 0 bridgehead atoms. The number of furan rings is 1. The van der Waals surface area contributed by atoms with Gasteiger partial charge >= 0.3 is 0 Å². The van der Waals surface area contributed by atoms with Gasteiger partial charge in [0.15, 0.2) is 4.67 Å². The van der Waals surface area contributed by atoms with Crippen molar-refractivity contribution < 1.29 is 17.9 Å². The lowest BCUT2D eigenvalue weighted by atomic mass is 10.3. The summed E-state index contributed by atoms with van der Waals surface area (Å²) in [5.41, 5.74) is 0. The van der Waals surface area contributed by atoms with Crippen LogP contribution in [0.3, 0.4) is 0 Å². The molecule has 7 heteroatoms. The van der Waals surface area contributed by atoms with Crippen LogP contribution in [0.1, 0.15) is 25.5 Å². The van der Waals surface area contributed by atoms with E-state index in [1.807, 2.05) is 6.92 Å². The summed E-state index contributed by atoms with van der Waals surface area (Å²) in [4.78, 5) is 0.0210. The van der Waals surface area contributed by atoms with Crippen molar-refractivity contribution in [3.8, 4) is 0 Å². The molecule has 0 fully saturated rings. The Balaban J connectivity index is 2.85. The van der Waals surface area contributed by atoms with Gasteiger partial charge in [0.05, 0.1) is 0 Å². The molecule has 16 heavy (non-hydrogen) atoms. The van der Waals surface area contributed by atoms with E-state index in [1.54, 1.807) is 0 Å². The normalized spacial score (nSPS) is 11.9. The number of aliphatic hydroxyl groups excluding tert-OH is 1. The van der Waals surface area contributed by atoms with Crippen LogP contribution in [0.4, 0.5) is 0 Å². The van der Waals surface area contributed by atoms with Crippen LogP contribution < -0.4 is 4.72 Å². The lowest BCUT2D eigenvalue weighted by Gasteiger charge is -2.03. The third-order valence-corrected chi connectivity index (χ3v) is 4.29. The number of hydrogen-bond donors (Lipinski definition) is 2. The lowest BCUT2D eigenvalue weighted by Crippen LogP contribution is -2.24. The van der Waals surface area contributed by atoms with E-state index in [0.717, 1.165) is 12.8 Å². The number of nitrogens with one attached hydrogen (secondary N) is 1. The van der Waals surface area contributed by atoms with Gasteiger partial charge in [-0.3, -0.25) is 0 Å². The second kappa shape index (κ2) is 5.81. The highest BCUT2D eigenvalue weighted by Gasteiger charge is 2.21. The van der Waals surface area contributed by atoms with E-state index in [-0.39, 0.29) is 21.9 Å². The van der Waals surface area contributed by atoms with Crippen LogP contribution in [0, 0.1) is 0 Å². The van der Waals surface area contributed by atoms with Gasteiger partial charge in [-0.2, -0.15) is 0 Å². The highest BCUT2D eigenvalue weighted by Crippen LogP contribution is 2.25. The van der Waals surface area contributed by atoms with E-state index in [9.17, 15) is 8.42 Å². The molecule has 0 saturated heterocycles. The minimum absolute atomic E-state index is 0.0210. The van der Waals surface area contributed by atoms with Crippen molar-refractivity contribution >= 4 is 26.0 Å². The Morgan fingerprint density at radius 1 is 1.56 bits per heavy atom. The number of unbranched alkanes of at least 4 members (excludes halogenated alkanes) is 1. The Morgan fingerprint density at radius 3 is 2.75 bits per heavy atom. The lowest BCUT2D eigenvalue weighted by molar-refractivity contribution is 0.245. The Labute approximate surface area is 103 Å². The molecule has 0 aromatic carbocycles. The van der Waals surface area contributed by atoms with E-state index in [4.69, 9.17) is 9.52 Å². The summed E-state index contributed by atoms with van der Waals surface area (Å²) < 4.78 is 31.1. The molecule has 1 aromatic heterocycles. The van der Waals surface area contributed by atoms with Crippen LogP contribution in [0.5, 0.6) is 0 Å². The monoisotopic (exact) mass is 311 g/mol. The molecular formula is C9H14BrNO4S. The first kappa shape index (κ1) is 13.7. The smallest absolute Gasteiger partial charge is 0.244 e. The second-order valence-corrected chi connectivity index (χ2v) is 5.72. The summed E-state index contributed by atoms with van der Waals surface area (Å²) >= 11 is 3.01. The fourth-order valence-corrected chi connectivity index (χ4v) is 3.19. The Kier molecular flexibility index (Phi) is 4.97. The summed E-state index contributed by atoms with van der Waals surface area (Å²) in [7, 11) is -3.55. The van der Waals surface area contributed by atoms with Gasteiger partial charge < -0.3 is 9.52 Å². The van der Waals surface area contributed by atoms with Crippen LogP contribution in [-0.4, -0.2) is 20.1 Å². The van der Waals surface area contributed by atoms with Gasteiger partial charge in [0.25, 0.3) is 0 Å². The molecule has 0 saturated carbocycles. The summed E-state index contributed by atoms with van der Waals surface area (Å²) in [6.45, 7) is 2.04. The van der Waals surface area contributed by atoms with Gasteiger partial charge in [-0.1, -0.05) is 13.3 Å². The molecule has 5 nitrogen and oxygen atoms in total. The van der Waals surface area contributed by atoms with Crippen LogP contribution >= 0.6 is 15.9 Å².